The molecular formula is C22H22ClF3N2O4. The van der Waals surface area contributed by atoms with E-state index in [-0.39, 0.29) is 41.2 Å². The minimum atomic E-state index is -4.85. The summed E-state index contributed by atoms with van der Waals surface area (Å²) >= 11 is 6.32. The molecule has 1 saturated heterocycles. The van der Waals surface area contributed by atoms with Crippen LogP contribution in [0.1, 0.15) is 25.7 Å². The summed E-state index contributed by atoms with van der Waals surface area (Å²) in [5, 5.41) is 11.9. The molecule has 1 aliphatic heterocycles. The molecule has 10 heteroatoms. The van der Waals surface area contributed by atoms with Gasteiger partial charge in [-0.2, -0.15) is 0 Å². The van der Waals surface area contributed by atoms with Crippen LogP contribution in [0.2, 0.25) is 5.02 Å². The normalized spacial score (nSPS) is 16.5. The number of halogens is 4. The van der Waals surface area contributed by atoms with E-state index in [1.54, 1.807) is 6.07 Å². The van der Waals surface area contributed by atoms with Crippen molar-refractivity contribution >= 4 is 29.1 Å². The highest BCUT2D eigenvalue weighted by atomic mass is 35.5. The molecule has 6 nitrogen and oxygen atoms in total. The van der Waals surface area contributed by atoms with Crippen LogP contribution in [0.4, 0.5) is 18.9 Å². The van der Waals surface area contributed by atoms with Gasteiger partial charge in [0.05, 0.1) is 11.6 Å². The van der Waals surface area contributed by atoms with Gasteiger partial charge in [0.2, 0.25) is 11.8 Å². The lowest BCUT2D eigenvalue weighted by molar-refractivity contribution is -0.274. The van der Waals surface area contributed by atoms with E-state index in [1.165, 1.54) is 41.3 Å². The maximum absolute atomic E-state index is 12.8. The number of carbonyl (C=O) groups is 2. The summed E-state index contributed by atoms with van der Waals surface area (Å²) in [7, 11) is 0. The molecule has 1 unspecified atom stereocenters. The number of likely N-dealkylation sites (tertiary alicyclic amines) is 1. The van der Waals surface area contributed by atoms with Crippen molar-refractivity contribution < 1.29 is 32.6 Å². The van der Waals surface area contributed by atoms with Crippen LogP contribution in [-0.2, 0) is 9.59 Å². The molecule has 1 aliphatic rings. The Hall–Kier alpha value is -2.78. The Bertz CT molecular complexity index is 984. The van der Waals surface area contributed by atoms with Gasteiger partial charge < -0.3 is 20.1 Å². The molecule has 0 bridgehead atoms. The minimum Gasteiger partial charge on any atom is -0.405 e. The molecule has 2 N–H and O–H groups in total. The van der Waals surface area contributed by atoms with E-state index in [0.29, 0.717) is 24.2 Å². The molecule has 1 fully saturated rings. The highest BCUT2D eigenvalue weighted by molar-refractivity contribution is 6.33. The van der Waals surface area contributed by atoms with Gasteiger partial charge in [0, 0.05) is 29.8 Å². The van der Waals surface area contributed by atoms with Crippen molar-refractivity contribution in [3.63, 3.8) is 0 Å². The number of carbonyl (C=O) groups excluding carboxylic acids is 2. The van der Waals surface area contributed by atoms with Crippen molar-refractivity contribution in [1.29, 1.82) is 0 Å². The summed E-state index contributed by atoms with van der Waals surface area (Å²) in [5.41, 5.74) is 0.806. The van der Waals surface area contributed by atoms with E-state index < -0.39 is 12.4 Å². The summed E-state index contributed by atoms with van der Waals surface area (Å²) < 4.78 is 42.2. The van der Waals surface area contributed by atoms with Crippen LogP contribution in [0, 0.1) is 0 Å². The predicted octanol–water partition coefficient (Wildman–Crippen LogP) is 4.61. The summed E-state index contributed by atoms with van der Waals surface area (Å²) in [6, 6.07) is 9.40. The Kier molecular flexibility index (Phi) is 7.63. The average Bonchev–Trinajstić information content (AvgIpc) is 2.73. The van der Waals surface area contributed by atoms with Crippen LogP contribution >= 0.6 is 11.6 Å². The fraction of sp³-hybridized carbons (Fsp3) is 0.364. The Morgan fingerprint density at radius 1 is 1.16 bits per heavy atom. The van der Waals surface area contributed by atoms with Crippen LogP contribution in [0.25, 0.3) is 11.1 Å². The topological polar surface area (TPSA) is 78.9 Å². The molecule has 32 heavy (non-hydrogen) atoms. The number of rotatable bonds is 6. The Morgan fingerprint density at radius 2 is 1.91 bits per heavy atom. The molecule has 0 aromatic heterocycles. The van der Waals surface area contributed by atoms with Gasteiger partial charge in [0.25, 0.3) is 0 Å². The van der Waals surface area contributed by atoms with Crippen LogP contribution in [0.5, 0.6) is 5.75 Å². The van der Waals surface area contributed by atoms with Gasteiger partial charge in [-0.3, -0.25) is 9.59 Å². The van der Waals surface area contributed by atoms with Crippen LogP contribution < -0.4 is 10.1 Å². The number of alkyl halides is 3. The zero-order valence-corrected chi connectivity index (χ0v) is 17.7. The zero-order valence-electron chi connectivity index (χ0n) is 17.0. The lowest BCUT2D eigenvalue weighted by Gasteiger charge is -2.34. The number of anilines is 1. The first kappa shape index (κ1) is 23.9. The van der Waals surface area contributed by atoms with Gasteiger partial charge >= 0.3 is 6.36 Å². The number of hydrogen-bond donors (Lipinski definition) is 2. The van der Waals surface area contributed by atoms with Crippen LogP contribution in [0.15, 0.2) is 42.5 Å². The molecule has 1 heterocycles. The average molecular weight is 471 g/mol. The maximum atomic E-state index is 12.8. The first-order valence-corrected chi connectivity index (χ1v) is 10.4. The first-order chi connectivity index (χ1) is 15.2. The highest BCUT2D eigenvalue weighted by Crippen LogP contribution is 2.38. The first-order valence-electron chi connectivity index (χ1n) is 10.1. The number of amides is 2. The van der Waals surface area contributed by atoms with Crippen molar-refractivity contribution in [2.24, 2.45) is 0 Å². The van der Waals surface area contributed by atoms with Gasteiger partial charge in [-0.25, -0.2) is 0 Å². The van der Waals surface area contributed by atoms with Crippen molar-refractivity contribution in [2.45, 2.75) is 38.1 Å². The van der Waals surface area contributed by atoms with E-state index >= 15 is 0 Å². The fourth-order valence-electron chi connectivity index (χ4n) is 3.68. The molecule has 0 radical (unpaired) electrons. The van der Waals surface area contributed by atoms with Gasteiger partial charge in [-0.05, 0) is 37.5 Å². The zero-order chi connectivity index (χ0) is 23.3. The third-order valence-electron chi connectivity index (χ3n) is 5.09. The summed E-state index contributed by atoms with van der Waals surface area (Å²) in [6.45, 7) is 0.146. The Labute approximate surface area is 187 Å². The molecule has 2 amide bonds. The molecule has 3 rings (SSSR count). The highest BCUT2D eigenvalue weighted by Gasteiger charge is 2.33. The SMILES string of the molecule is O=C(Nc1ccc(-c2ccccc2OC(F)(F)F)c(Cl)c1)C1CCCCN1C(=O)CCO. The van der Waals surface area contributed by atoms with Gasteiger partial charge in [-0.15, -0.1) is 13.2 Å². The number of nitrogens with zero attached hydrogens (tertiary/aromatic N) is 1. The quantitative estimate of drug-likeness (QED) is 0.646. The number of benzene rings is 2. The van der Waals surface area contributed by atoms with E-state index in [9.17, 15) is 22.8 Å². The predicted molar refractivity (Wildman–Crippen MR) is 113 cm³/mol. The second-order valence-corrected chi connectivity index (χ2v) is 7.71. The lowest BCUT2D eigenvalue weighted by atomic mass is 10.0. The fourth-order valence-corrected chi connectivity index (χ4v) is 3.96. The summed E-state index contributed by atoms with van der Waals surface area (Å²) in [4.78, 5) is 26.5. The van der Waals surface area contributed by atoms with E-state index in [2.05, 4.69) is 10.1 Å². The second kappa shape index (κ2) is 10.2. The van der Waals surface area contributed by atoms with Crippen molar-refractivity contribution in [1.82, 2.24) is 4.90 Å². The van der Waals surface area contributed by atoms with E-state index in [1.807, 2.05) is 0 Å². The van der Waals surface area contributed by atoms with Crippen molar-refractivity contribution in [3.8, 4) is 16.9 Å². The van der Waals surface area contributed by atoms with Gasteiger partial charge in [0.15, 0.2) is 0 Å². The molecule has 1 atom stereocenters. The number of hydrogen-bond acceptors (Lipinski definition) is 4. The van der Waals surface area contributed by atoms with E-state index in [0.717, 1.165) is 12.8 Å². The van der Waals surface area contributed by atoms with Crippen molar-refractivity contribution in [3.05, 3.63) is 47.5 Å². The number of piperidine rings is 1. The van der Waals surface area contributed by atoms with Gasteiger partial charge in [0.1, 0.15) is 11.8 Å². The minimum absolute atomic E-state index is 0.0519. The number of nitrogens with one attached hydrogen (secondary N) is 1. The second-order valence-electron chi connectivity index (χ2n) is 7.30. The summed E-state index contributed by atoms with van der Waals surface area (Å²) in [6.07, 6.45) is -2.84. The largest absolute Gasteiger partial charge is 0.573 e. The maximum Gasteiger partial charge on any atom is 0.573 e. The smallest absolute Gasteiger partial charge is 0.405 e. The third-order valence-corrected chi connectivity index (χ3v) is 5.40. The molecule has 0 saturated carbocycles. The van der Waals surface area contributed by atoms with Crippen LogP contribution in [0.3, 0.4) is 0 Å². The molecule has 2 aromatic rings. The monoisotopic (exact) mass is 470 g/mol. The number of aliphatic hydroxyl groups is 1. The molecule has 0 aliphatic carbocycles. The molecule has 172 valence electrons. The Balaban J connectivity index is 1.79. The standard InChI is InChI=1S/C22H22ClF3N2O4/c23-17-13-14(27-21(31)18-6-3-4-11-28(18)20(30)10-12-29)8-9-15(17)16-5-1-2-7-19(16)32-22(24,25)26/h1-2,5,7-9,13,18,29H,3-4,6,10-12H2,(H,27,31). The summed E-state index contributed by atoms with van der Waals surface area (Å²) in [5.74, 6) is -1.07. The molecular weight excluding hydrogens is 449 g/mol. The van der Waals surface area contributed by atoms with Gasteiger partial charge in [-0.1, -0.05) is 35.9 Å². The third kappa shape index (κ3) is 5.92. The number of para-hydroxylation sites is 1. The number of ether oxygens (including phenoxy) is 1. The van der Waals surface area contributed by atoms with E-state index in [4.69, 9.17) is 16.7 Å². The van der Waals surface area contributed by atoms with Crippen molar-refractivity contribution in [2.75, 3.05) is 18.5 Å². The molecule has 2 aromatic carbocycles. The Morgan fingerprint density at radius 3 is 2.59 bits per heavy atom. The molecule has 0 spiro atoms. The van der Waals surface area contributed by atoms with Crippen LogP contribution in [-0.4, -0.2) is 47.4 Å². The lowest BCUT2D eigenvalue weighted by Crippen LogP contribution is -2.50. The number of aliphatic hydroxyl groups excluding tert-OH is 1.